The summed E-state index contributed by atoms with van der Waals surface area (Å²) in [7, 11) is 0. The standard InChI is InChI=1S/C17H23N3/c1-17(9-3-2-4-10-17)16(20-18)14-7-5-6-13-8-11-19-12-15(13)14/h5-8,11-12,16,20H,2-4,9-10,18H2,1H3. The molecule has 3 nitrogen and oxygen atoms in total. The highest BCUT2D eigenvalue weighted by Gasteiger charge is 2.36. The van der Waals surface area contributed by atoms with Gasteiger partial charge in [0.2, 0.25) is 0 Å². The van der Waals surface area contributed by atoms with Crippen LogP contribution in [-0.4, -0.2) is 4.98 Å². The van der Waals surface area contributed by atoms with Gasteiger partial charge in [-0.3, -0.25) is 16.3 Å². The molecule has 3 heteroatoms. The summed E-state index contributed by atoms with van der Waals surface area (Å²) in [5.74, 6) is 5.94. The molecule has 1 aromatic carbocycles. The van der Waals surface area contributed by atoms with Gasteiger partial charge in [0, 0.05) is 17.8 Å². The predicted molar refractivity (Wildman–Crippen MR) is 83.0 cm³/mol. The highest BCUT2D eigenvalue weighted by atomic mass is 15.2. The first-order valence-corrected chi connectivity index (χ1v) is 7.53. The van der Waals surface area contributed by atoms with Crippen LogP contribution >= 0.6 is 0 Å². The molecule has 1 aliphatic rings. The Kier molecular flexibility index (Phi) is 3.72. The van der Waals surface area contributed by atoms with E-state index in [4.69, 9.17) is 5.84 Å². The molecule has 1 heterocycles. The van der Waals surface area contributed by atoms with Crippen LogP contribution in [0.1, 0.15) is 50.6 Å². The van der Waals surface area contributed by atoms with Gasteiger partial charge in [-0.1, -0.05) is 44.4 Å². The summed E-state index contributed by atoms with van der Waals surface area (Å²) < 4.78 is 0. The van der Waals surface area contributed by atoms with Crippen molar-refractivity contribution in [3.63, 3.8) is 0 Å². The van der Waals surface area contributed by atoms with E-state index in [1.54, 1.807) is 0 Å². The SMILES string of the molecule is CC1(C(NN)c2cccc3ccncc23)CCCCC1. The average molecular weight is 269 g/mol. The van der Waals surface area contributed by atoms with Crippen LogP contribution in [0.2, 0.25) is 0 Å². The Labute approximate surface area is 120 Å². The van der Waals surface area contributed by atoms with Crippen molar-refractivity contribution >= 4 is 10.8 Å². The number of aromatic nitrogens is 1. The van der Waals surface area contributed by atoms with Crippen molar-refractivity contribution in [1.82, 2.24) is 10.4 Å². The maximum Gasteiger partial charge on any atom is 0.0520 e. The quantitative estimate of drug-likeness (QED) is 0.659. The van der Waals surface area contributed by atoms with Gasteiger partial charge in [-0.2, -0.15) is 0 Å². The lowest BCUT2D eigenvalue weighted by atomic mass is 9.68. The first kappa shape index (κ1) is 13.5. The van der Waals surface area contributed by atoms with Gasteiger partial charge in [0.05, 0.1) is 6.04 Å². The van der Waals surface area contributed by atoms with Crippen molar-refractivity contribution in [2.24, 2.45) is 11.3 Å². The van der Waals surface area contributed by atoms with Crippen molar-refractivity contribution in [2.75, 3.05) is 0 Å². The first-order valence-electron chi connectivity index (χ1n) is 7.53. The van der Waals surface area contributed by atoms with Gasteiger partial charge in [0.1, 0.15) is 0 Å². The number of hydrogen-bond acceptors (Lipinski definition) is 3. The molecule has 2 aromatic rings. The number of pyridine rings is 1. The second kappa shape index (κ2) is 5.51. The van der Waals surface area contributed by atoms with Gasteiger partial charge in [0.25, 0.3) is 0 Å². The molecule has 1 saturated carbocycles. The van der Waals surface area contributed by atoms with E-state index in [1.807, 2.05) is 12.4 Å². The molecule has 1 aromatic heterocycles. The zero-order valence-electron chi connectivity index (χ0n) is 12.1. The number of fused-ring (bicyclic) bond motifs is 1. The molecule has 20 heavy (non-hydrogen) atoms. The van der Waals surface area contributed by atoms with E-state index in [1.165, 1.54) is 48.4 Å². The van der Waals surface area contributed by atoms with E-state index in [9.17, 15) is 0 Å². The lowest BCUT2D eigenvalue weighted by Crippen LogP contribution is -2.41. The van der Waals surface area contributed by atoms with Gasteiger partial charge in [-0.25, -0.2) is 0 Å². The Morgan fingerprint density at radius 1 is 1.20 bits per heavy atom. The molecular formula is C17H23N3. The number of hydrazine groups is 1. The van der Waals surface area contributed by atoms with Gasteiger partial charge in [-0.05, 0) is 35.3 Å². The Bertz CT molecular complexity index is 582. The molecule has 1 atom stereocenters. The van der Waals surface area contributed by atoms with E-state index in [0.29, 0.717) is 0 Å². The zero-order chi connectivity index (χ0) is 14.0. The van der Waals surface area contributed by atoms with E-state index < -0.39 is 0 Å². The molecule has 0 radical (unpaired) electrons. The molecular weight excluding hydrogens is 246 g/mol. The van der Waals surface area contributed by atoms with E-state index in [-0.39, 0.29) is 11.5 Å². The molecule has 0 spiro atoms. The minimum atomic E-state index is 0.190. The van der Waals surface area contributed by atoms with Crippen LogP contribution in [0.5, 0.6) is 0 Å². The average Bonchev–Trinajstić information content (AvgIpc) is 2.49. The van der Waals surface area contributed by atoms with Crippen molar-refractivity contribution in [3.05, 3.63) is 42.2 Å². The van der Waals surface area contributed by atoms with Crippen LogP contribution in [0.25, 0.3) is 10.8 Å². The normalized spacial score (nSPS) is 19.9. The third kappa shape index (κ3) is 2.32. The maximum absolute atomic E-state index is 5.94. The van der Waals surface area contributed by atoms with Gasteiger partial charge in [0.15, 0.2) is 0 Å². The smallest absolute Gasteiger partial charge is 0.0520 e. The highest BCUT2D eigenvalue weighted by molar-refractivity contribution is 5.85. The number of nitrogens with zero attached hydrogens (tertiary/aromatic N) is 1. The van der Waals surface area contributed by atoms with Crippen molar-refractivity contribution in [3.8, 4) is 0 Å². The molecule has 1 aliphatic carbocycles. The van der Waals surface area contributed by atoms with Crippen LogP contribution in [0.4, 0.5) is 0 Å². The minimum Gasteiger partial charge on any atom is -0.271 e. The summed E-state index contributed by atoms with van der Waals surface area (Å²) in [6.07, 6.45) is 10.2. The number of nitrogens with one attached hydrogen (secondary N) is 1. The Hall–Kier alpha value is -1.45. The Morgan fingerprint density at radius 2 is 2.00 bits per heavy atom. The van der Waals surface area contributed by atoms with E-state index in [0.717, 1.165) is 0 Å². The summed E-state index contributed by atoms with van der Waals surface area (Å²) >= 11 is 0. The van der Waals surface area contributed by atoms with Gasteiger partial charge < -0.3 is 0 Å². The summed E-state index contributed by atoms with van der Waals surface area (Å²) in [6, 6.07) is 8.70. The first-order chi connectivity index (χ1) is 9.74. The lowest BCUT2D eigenvalue weighted by Gasteiger charge is -2.41. The lowest BCUT2D eigenvalue weighted by molar-refractivity contribution is 0.146. The fourth-order valence-corrected chi connectivity index (χ4v) is 3.70. The Balaban J connectivity index is 2.07. The fourth-order valence-electron chi connectivity index (χ4n) is 3.70. The maximum atomic E-state index is 5.94. The van der Waals surface area contributed by atoms with Crippen LogP contribution in [-0.2, 0) is 0 Å². The van der Waals surface area contributed by atoms with Crippen LogP contribution in [0.3, 0.4) is 0 Å². The minimum absolute atomic E-state index is 0.190. The predicted octanol–water partition coefficient (Wildman–Crippen LogP) is 3.71. The summed E-state index contributed by atoms with van der Waals surface area (Å²) in [6.45, 7) is 2.37. The molecule has 0 amide bonds. The molecule has 0 aliphatic heterocycles. The Morgan fingerprint density at radius 3 is 2.75 bits per heavy atom. The monoisotopic (exact) mass is 269 g/mol. The molecule has 1 fully saturated rings. The zero-order valence-corrected chi connectivity index (χ0v) is 12.1. The summed E-state index contributed by atoms with van der Waals surface area (Å²) in [5, 5.41) is 2.45. The second-order valence-electron chi connectivity index (χ2n) is 6.26. The topological polar surface area (TPSA) is 50.9 Å². The van der Waals surface area contributed by atoms with Crippen LogP contribution < -0.4 is 11.3 Å². The third-order valence-electron chi connectivity index (χ3n) is 4.89. The van der Waals surface area contributed by atoms with Crippen LogP contribution in [0, 0.1) is 5.41 Å². The largest absolute Gasteiger partial charge is 0.271 e. The van der Waals surface area contributed by atoms with Crippen molar-refractivity contribution in [2.45, 2.75) is 45.1 Å². The van der Waals surface area contributed by atoms with Crippen molar-refractivity contribution in [1.29, 1.82) is 0 Å². The van der Waals surface area contributed by atoms with Crippen LogP contribution in [0.15, 0.2) is 36.7 Å². The second-order valence-corrected chi connectivity index (χ2v) is 6.26. The highest BCUT2D eigenvalue weighted by Crippen LogP contribution is 2.46. The summed E-state index contributed by atoms with van der Waals surface area (Å²) in [5.41, 5.74) is 4.61. The summed E-state index contributed by atoms with van der Waals surface area (Å²) in [4.78, 5) is 4.29. The number of nitrogens with two attached hydrogens (primary N) is 1. The van der Waals surface area contributed by atoms with E-state index in [2.05, 4.69) is 41.6 Å². The fraction of sp³-hybridized carbons (Fsp3) is 0.471. The van der Waals surface area contributed by atoms with Gasteiger partial charge in [-0.15, -0.1) is 0 Å². The molecule has 1 unspecified atom stereocenters. The number of rotatable bonds is 3. The van der Waals surface area contributed by atoms with Gasteiger partial charge >= 0.3 is 0 Å². The molecule has 0 saturated heterocycles. The molecule has 3 rings (SSSR count). The molecule has 106 valence electrons. The van der Waals surface area contributed by atoms with E-state index >= 15 is 0 Å². The third-order valence-corrected chi connectivity index (χ3v) is 4.89. The molecule has 0 bridgehead atoms. The number of hydrogen-bond donors (Lipinski definition) is 2. The molecule has 3 N–H and O–H groups in total. The van der Waals surface area contributed by atoms with Crippen molar-refractivity contribution < 1.29 is 0 Å². The number of benzene rings is 1.